The van der Waals surface area contributed by atoms with Gasteiger partial charge >= 0.3 is 0 Å². The molecule has 1 atom stereocenters. The van der Waals surface area contributed by atoms with E-state index in [1.54, 1.807) is 0 Å². The highest BCUT2D eigenvalue weighted by molar-refractivity contribution is 4.81. The quantitative estimate of drug-likeness (QED) is 0.323. The molecule has 0 heterocycles. The van der Waals surface area contributed by atoms with E-state index in [1.807, 2.05) is 18.2 Å². The van der Waals surface area contributed by atoms with Gasteiger partial charge in [-0.15, -0.1) is 12.0 Å². The fourth-order valence-electron chi connectivity index (χ4n) is 1.67. The molecule has 1 unspecified atom stereocenters. The highest BCUT2D eigenvalue weighted by atomic mass is 15.5. The normalized spacial score (nSPS) is 12.4. The molecule has 0 amide bonds. The third kappa shape index (κ3) is 7.43. The lowest BCUT2D eigenvalue weighted by atomic mass is 9.99. The first-order valence-corrected chi connectivity index (χ1v) is 6.09. The molecule has 0 aromatic heterocycles. The van der Waals surface area contributed by atoms with Crippen LogP contribution in [-0.4, -0.2) is 19.6 Å². The molecule has 0 aliphatic heterocycles. The molecule has 0 aliphatic rings. The van der Waals surface area contributed by atoms with Crippen LogP contribution in [0.4, 0.5) is 0 Å². The molecule has 1 radical (unpaired) electrons. The largest absolute Gasteiger partial charge is 0.163 e. The second-order valence-corrected chi connectivity index (χ2v) is 3.98. The lowest BCUT2D eigenvalue weighted by Crippen LogP contribution is -2.44. The molecule has 0 aromatic carbocycles. The zero-order chi connectivity index (χ0) is 12.2. The molecular weight excluding hydrogens is 196 g/mol. The van der Waals surface area contributed by atoms with Crippen molar-refractivity contribution in [3.8, 4) is 0 Å². The van der Waals surface area contributed by atoms with Crippen LogP contribution in [0, 0.1) is 5.92 Å². The van der Waals surface area contributed by atoms with Gasteiger partial charge in [-0.25, -0.2) is 0 Å². The van der Waals surface area contributed by atoms with Gasteiger partial charge in [-0.1, -0.05) is 37.6 Å². The second-order valence-electron chi connectivity index (χ2n) is 3.98. The Balaban J connectivity index is 3.76. The molecule has 91 valence electrons. The van der Waals surface area contributed by atoms with E-state index in [2.05, 4.69) is 37.1 Å². The summed E-state index contributed by atoms with van der Waals surface area (Å²) in [6, 6.07) is 0. The molecule has 0 fully saturated rings. The van der Waals surface area contributed by atoms with Crippen LogP contribution in [0.15, 0.2) is 38.0 Å². The predicted molar refractivity (Wildman–Crippen MR) is 73.5 cm³/mol. The number of nitrogens with one attached hydrogen (secondary N) is 1. The van der Waals surface area contributed by atoms with Crippen LogP contribution >= 0.6 is 0 Å². The molecule has 2 heteroatoms. The smallest absolute Gasteiger partial charge is 0.118 e. The third-order valence-electron chi connectivity index (χ3n) is 2.66. The second kappa shape index (κ2) is 10.7. The SMILES string of the molecule is C=CCC(CC)CCN[N+](CC=C)CC=C. The van der Waals surface area contributed by atoms with Gasteiger partial charge in [0.05, 0.1) is 6.54 Å². The monoisotopic (exact) mass is 222 g/mol. The van der Waals surface area contributed by atoms with Gasteiger partial charge in [-0.3, -0.25) is 0 Å². The van der Waals surface area contributed by atoms with E-state index < -0.39 is 0 Å². The Bertz CT molecular complexity index is 189. The number of hydrogen-bond donors (Lipinski definition) is 1. The minimum absolute atomic E-state index is 0.749. The van der Waals surface area contributed by atoms with Crippen LogP contribution in [-0.2, 0) is 0 Å². The van der Waals surface area contributed by atoms with Gasteiger partial charge in [0.2, 0.25) is 0 Å². The summed E-state index contributed by atoms with van der Waals surface area (Å²) in [6.45, 7) is 16.2. The number of rotatable bonds is 11. The van der Waals surface area contributed by atoms with Crippen molar-refractivity contribution in [2.24, 2.45) is 5.92 Å². The Kier molecular flexibility index (Phi) is 10.1. The van der Waals surface area contributed by atoms with Crippen molar-refractivity contribution < 1.29 is 0 Å². The summed E-state index contributed by atoms with van der Waals surface area (Å²) >= 11 is 0. The topological polar surface area (TPSA) is 17.9 Å². The Morgan fingerprint density at radius 1 is 1.12 bits per heavy atom. The molecule has 0 bridgehead atoms. The Morgan fingerprint density at radius 2 is 1.75 bits per heavy atom. The molecule has 16 heavy (non-hydrogen) atoms. The fraction of sp³-hybridized carbons (Fsp3) is 0.571. The summed E-state index contributed by atoms with van der Waals surface area (Å²) in [6.07, 6.45) is 9.33. The molecular formula is C14H26N2+. The number of hydrogen-bond acceptors (Lipinski definition) is 2. The highest BCUT2D eigenvalue weighted by Crippen LogP contribution is 2.12. The maximum absolute atomic E-state index is 3.79. The van der Waals surface area contributed by atoms with E-state index in [9.17, 15) is 0 Å². The van der Waals surface area contributed by atoms with Gasteiger partial charge in [0.15, 0.2) is 13.1 Å². The lowest BCUT2D eigenvalue weighted by molar-refractivity contribution is 0.336. The van der Waals surface area contributed by atoms with Crippen LogP contribution in [0.3, 0.4) is 0 Å². The summed E-state index contributed by atoms with van der Waals surface area (Å²) < 4.78 is 0. The summed E-state index contributed by atoms with van der Waals surface area (Å²) in [7, 11) is 0. The van der Waals surface area contributed by atoms with Crippen LogP contribution in [0.2, 0.25) is 0 Å². The molecule has 0 aromatic rings. The van der Waals surface area contributed by atoms with Gasteiger partial charge in [-0.2, -0.15) is 0 Å². The first-order chi connectivity index (χ1) is 7.78. The first kappa shape index (κ1) is 15.1. The van der Waals surface area contributed by atoms with Crippen LogP contribution in [0.25, 0.3) is 0 Å². The van der Waals surface area contributed by atoms with E-state index in [0.29, 0.717) is 0 Å². The van der Waals surface area contributed by atoms with E-state index >= 15 is 0 Å². The van der Waals surface area contributed by atoms with Crippen molar-refractivity contribution in [2.45, 2.75) is 26.2 Å². The summed E-state index contributed by atoms with van der Waals surface area (Å²) in [4.78, 5) is 0. The average Bonchev–Trinajstić information content (AvgIpc) is 2.28. The lowest BCUT2D eigenvalue weighted by Gasteiger charge is -2.13. The Hall–Kier alpha value is -0.860. The predicted octanol–water partition coefficient (Wildman–Crippen LogP) is 3.00. The Morgan fingerprint density at radius 3 is 2.19 bits per heavy atom. The van der Waals surface area contributed by atoms with Crippen molar-refractivity contribution in [1.82, 2.24) is 10.4 Å². The molecule has 0 spiro atoms. The maximum Gasteiger partial charge on any atom is 0.163 e. The van der Waals surface area contributed by atoms with Crippen LogP contribution < -0.4 is 10.4 Å². The van der Waals surface area contributed by atoms with Gasteiger partial charge in [0.1, 0.15) is 0 Å². The first-order valence-electron chi connectivity index (χ1n) is 6.09. The van der Waals surface area contributed by atoms with E-state index in [-0.39, 0.29) is 0 Å². The standard InChI is InChI=1S/C14H26N2/c1-5-9-14(8-4)10-11-15-16(12-6-2)13-7-3/h5-7,14-15H,1-3,8-13H2,4H3/q+1. The minimum Gasteiger partial charge on any atom is -0.118 e. The summed E-state index contributed by atoms with van der Waals surface area (Å²) in [5.74, 6) is 0.749. The van der Waals surface area contributed by atoms with Crippen molar-refractivity contribution in [1.29, 1.82) is 0 Å². The van der Waals surface area contributed by atoms with E-state index in [0.717, 1.165) is 32.0 Å². The molecule has 0 saturated carbocycles. The maximum atomic E-state index is 3.79. The average molecular weight is 222 g/mol. The number of allylic oxidation sites excluding steroid dienone is 1. The number of nitrogens with zero attached hydrogens (tertiary/aromatic N) is 1. The van der Waals surface area contributed by atoms with Crippen molar-refractivity contribution >= 4 is 0 Å². The summed E-state index contributed by atoms with van der Waals surface area (Å²) in [5.41, 5.74) is 3.40. The molecule has 0 rings (SSSR count). The van der Waals surface area contributed by atoms with E-state index in [1.165, 1.54) is 12.8 Å². The molecule has 1 N–H and O–H groups in total. The van der Waals surface area contributed by atoms with Crippen molar-refractivity contribution in [3.05, 3.63) is 38.0 Å². The third-order valence-corrected chi connectivity index (χ3v) is 2.66. The molecule has 0 saturated heterocycles. The fourth-order valence-corrected chi connectivity index (χ4v) is 1.67. The molecule has 2 nitrogen and oxygen atoms in total. The zero-order valence-electron chi connectivity index (χ0n) is 10.6. The van der Waals surface area contributed by atoms with E-state index in [4.69, 9.17) is 0 Å². The summed E-state index contributed by atoms with van der Waals surface area (Å²) in [5, 5.41) is 2.13. The molecule has 0 aliphatic carbocycles. The van der Waals surface area contributed by atoms with Crippen molar-refractivity contribution in [3.63, 3.8) is 0 Å². The minimum atomic E-state index is 0.749. The Labute approximate surface area is 101 Å². The van der Waals surface area contributed by atoms with Crippen LogP contribution in [0.5, 0.6) is 0 Å². The van der Waals surface area contributed by atoms with Crippen LogP contribution in [0.1, 0.15) is 26.2 Å². The number of hydrazine groups is 1. The zero-order valence-corrected chi connectivity index (χ0v) is 10.6. The van der Waals surface area contributed by atoms with Crippen molar-refractivity contribution in [2.75, 3.05) is 19.6 Å². The van der Waals surface area contributed by atoms with Gasteiger partial charge in [-0.05, 0) is 30.9 Å². The van der Waals surface area contributed by atoms with Gasteiger partial charge in [0.25, 0.3) is 0 Å². The highest BCUT2D eigenvalue weighted by Gasteiger charge is 2.11. The van der Waals surface area contributed by atoms with Gasteiger partial charge < -0.3 is 0 Å². The van der Waals surface area contributed by atoms with Gasteiger partial charge in [0, 0.05) is 0 Å².